The number of rotatable bonds is 5. The Morgan fingerprint density at radius 3 is 2.56 bits per heavy atom. The van der Waals surface area contributed by atoms with Crippen molar-refractivity contribution >= 4 is 45.7 Å². The van der Waals surface area contributed by atoms with E-state index in [-0.39, 0.29) is 11.5 Å². The molecular formula is C28H23ClN2O2S. The fourth-order valence-electron chi connectivity index (χ4n) is 4.90. The normalized spacial score (nSPS) is 17.0. The highest BCUT2D eigenvalue weighted by atomic mass is 35.5. The lowest BCUT2D eigenvalue weighted by Crippen LogP contribution is -2.33. The number of carbonyl (C=O) groups is 1. The molecule has 0 saturated heterocycles. The van der Waals surface area contributed by atoms with Gasteiger partial charge < -0.3 is 5.32 Å². The highest BCUT2D eigenvalue weighted by Gasteiger charge is 2.37. The summed E-state index contributed by atoms with van der Waals surface area (Å²) in [5, 5.41) is 6.97. The maximum Gasteiger partial charge on any atom is 0.252 e. The molecule has 0 bridgehead atoms. The van der Waals surface area contributed by atoms with E-state index in [4.69, 9.17) is 11.6 Å². The lowest BCUT2D eigenvalue weighted by atomic mass is 9.95. The summed E-state index contributed by atoms with van der Waals surface area (Å²) in [6, 6.07) is 23.0. The third-order valence-corrected chi connectivity index (χ3v) is 8.11. The molecule has 34 heavy (non-hydrogen) atoms. The van der Waals surface area contributed by atoms with Crippen molar-refractivity contribution in [2.75, 3.05) is 11.1 Å². The minimum Gasteiger partial charge on any atom is -0.324 e. The van der Waals surface area contributed by atoms with Gasteiger partial charge in [0.05, 0.1) is 5.03 Å². The van der Waals surface area contributed by atoms with Crippen LogP contribution in [0.1, 0.15) is 41.5 Å². The van der Waals surface area contributed by atoms with Crippen LogP contribution in [0.2, 0.25) is 5.02 Å². The minimum absolute atomic E-state index is 0.101. The van der Waals surface area contributed by atoms with E-state index in [1.165, 1.54) is 21.9 Å². The van der Waals surface area contributed by atoms with Crippen molar-refractivity contribution < 1.29 is 4.79 Å². The van der Waals surface area contributed by atoms with Crippen LogP contribution in [-0.2, 0) is 11.2 Å². The number of fused-ring (bicyclic) bond motifs is 2. The monoisotopic (exact) mass is 486 g/mol. The Morgan fingerprint density at radius 1 is 1.00 bits per heavy atom. The van der Waals surface area contributed by atoms with E-state index in [2.05, 4.69) is 47.8 Å². The molecule has 4 aromatic rings. The number of amides is 1. The number of hydrogen-bond acceptors (Lipinski definition) is 3. The van der Waals surface area contributed by atoms with Gasteiger partial charge in [0, 0.05) is 22.5 Å². The first-order valence-corrected chi connectivity index (χ1v) is 12.9. The van der Waals surface area contributed by atoms with Gasteiger partial charge in [0.15, 0.2) is 0 Å². The van der Waals surface area contributed by atoms with Gasteiger partial charge in [-0.15, -0.1) is 11.8 Å². The highest BCUT2D eigenvalue weighted by molar-refractivity contribution is 7.99. The first-order chi connectivity index (χ1) is 16.6. The number of nitrogens with zero attached hydrogens (tertiary/aromatic N) is 1. The summed E-state index contributed by atoms with van der Waals surface area (Å²) in [4.78, 5) is 26.5. The Kier molecular flexibility index (Phi) is 5.47. The first kappa shape index (κ1) is 21.5. The van der Waals surface area contributed by atoms with Gasteiger partial charge in [-0.05, 0) is 76.9 Å². The number of aromatic nitrogens is 1. The van der Waals surface area contributed by atoms with E-state index in [1.54, 1.807) is 46.7 Å². The molecule has 2 aliphatic rings. The molecule has 1 aromatic heterocycles. The predicted octanol–water partition coefficient (Wildman–Crippen LogP) is 6.41. The number of nitrogens with one attached hydrogen (secondary N) is 1. The molecule has 4 nitrogen and oxygen atoms in total. The van der Waals surface area contributed by atoms with E-state index in [9.17, 15) is 9.59 Å². The topological polar surface area (TPSA) is 51.1 Å². The smallest absolute Gasteiger partial charge is 0.252 e. The van der Waals surface area contributed by atoms with Gasteiger partial charge in [-0.25, -0.2) is 0 Å². The number of benzene rings is 3. The molecule has 1 aliphatic carbocycles. The number of thioether (sulfide) groups is 1. The average Bonchev–Trinajstić information content (AvgIpc) is 3.57. The van der Waals surface area contributed by atoms with Gasteiger partial charge in [0.1, 0.15) is 6.04 Å². The van der Waals surface area contributed by atoms with Crippen LogP contribution in [0.5, 0.6) is 0 Å². The van der Waals surface area contributed by atoms with Gasteiger partial charge in [-0.3, -0.25) is 14.2 Å². The molecule has 1 fully saturated rings. The zero-order valence-corrected chi connectivity index (χ0v) is 20.0. The Labute approximate surface area is 206 Å². The minimum atomic E-state index is -0.521. The molecule has 6 rings (SSSR count). The van der Waals surface area contributed by atoms with E-state index in [0.717, 1.165) is 29.9 Å². The van der Waals surface area contributed by atoms with Crippen molar-refractivity contribution in [1.29, 1.82) is 0 Å². The second-order valence-corrected chi connectivity index (χ2v) is 10.5. The third kappa shape index (κ3) is 3.93. The van der Waals surface area contributed by atoms with Gasteiger partial charge in [-0.1, -0.05) is 54.1 Å². The van der Waals surface area contributed by atoms with Gasteiger partial charge in [0.25, 0.3) is 5.56 Å². The standard InChI is InChI=1S/C28H23ClN2O2S/c29-21-10-12-22(13-11-21)30-27(33)24-16-34-28-26(18-8-9-18)20(15-25(32)31(24)28)14-19-6-3-5-17-4-1-2-7-23(17)19/h1-7,10-13,15,18,24H,8-9,14,16H2,(H,30,33)/t24-/m0/s1. The predicted molar refractivity (Wildman–Crippen MR) is 139 cm³/mol. The number of pyridine rings is 1. The summed E-state index contributed by atoms with van der Waals surface area (Å²) in [7, 11) is 0. The summed E-state index contributed by atoms with van der Waals surface area (Å²) in [5.74, 6) is 0.864. The summed E-state index contributed by atoms with van der Waals surface area (Å²) < 4.78 is 1.72. The Balaban J connectivity index is 1.37. The summed E-state index contributed by atoms with van der Waals surface area (Å²) >= 11 is 7.60. The van der Waals surface area contributed by atoms with E-state index >= 15 is 0 Å². The molecule has 6 heteroatoms. The largest absolute Gasteiger partial charge is 0.324 e. The van der Waals surface area contributed by atoms with Crippen molar-refractivity contribution in [3.63, 3.8) is 0 Å². The van der Waals surface area contributed by atoms with Gasteiger partial charge in [0.2, 0.25) is 5.91 Å². The van der Waals surface area contributed by atoms with Gasteiger partial charge in [-0.2, -0.15) is 0 Å². The zero-order chi connectivity index (χ0) is 23.2. The molecule has 1 saturated carbocycles. The summed E-state index contributed by atoms with van der Waals surface area (Å²) in [5.41, 5.74) is 4.16. The molecule has 170 valence electrons. The van der Waals surface area contributed by atoms with E-state index < -0.39 is 6.04 Å². The first-order valence-electron chi connectivity index (χ1n) is 11.5. The van der Waals surface area contributed by atoms with Crippen molar-refractivity contribution in [3.05, 3.63) is 105 Å². The number of carbonyl (C=O) groups excluding carboxylic acids is 1. The summed E-state index contributed by atoms with van der Waals surface area (Å²) in [6.45, 7) is 0. The molecule has 1 aliphatic heterocycles. The van der Waals surface area contributed by atoms with Gasteiger partial charge >= 0.3 is 0 Å². The van der Waals surface area contributed by atoms with Crippen LogP contribution >= 0.6 is 23.4 Å². The fraction of sp³-hybridized carbons (Fsp3) is 0.214. The van der Waals surface area contributed by atoms with Crippen molar-refractivity contribution in [2.45, 2.75) is 36.2 Å². The maximum atomic E-state index is 13.3. The SMILES string of the molecule is O=C(Nc1ccc(Cl)cc1)[C@@H]1CSc2c(C3CC3)c(Cc3cccc4ccccc34)cc(=O)n21. The van der Waals surface area contributed by atoms with Crippen molar-refractivity contribution in [2.24, 2.45) is 0 Å². The van der Waals surface area contributed by atoms with Crippen LogP contribution in [0.25, 0.3) is 10.8 Å². The maximum absolute atomic E-state index is 13.3. The third-order valence-electron chi connectivity index (χ3n) is 6.68. The summed E-state index contributed by atoms with van der Waals surface area (Å²) in [6.07, 6.45) is 2.99. The van der Waals surface area contributed by atoms with Crippen molar-refractivity contribution in [3.8, 4) is 0 Å². The zero-order valence-electron chi connectivity index (χ0n) is 18.5. The Bertz CT molecular complexity index is 1470. The Hall–Kier alpha value is -3.02. The number of anilines is 1. The molecule has 0 spiro atoms. The van der Waals surface area contributed by atoms with Crippen LogP contribution in [0.3, 0.4) is 0 Å². The molecule has 3 aromatic carbocycles. The lowest BCUT2D eigenvalue weighted by molar-refractivity contribution is -0.118. The molecule has 1 N–H and O–H groups in total. The molecular weight excluding hydrogens is 464 g/mol. The second-order valence-electron chi connectivity index (χ2n) is 9.01. The average molecular weight is 487 g/mol. The van der Waals surface area contributed by atoms with Crippen LogP contribution in [0, 0.1) is 0 Å². The lowest BCUT2D eigenvalue weighted by Gasteiger charge is -2.18. The Morgan fingerprint density at radius 2 is 1.76 bits per heavy atom. The van der Waals surface area contributed by atoms with E-state index in [1.807, 2.05) is 0 Å². The highest BCUT2D eigenvalue weighted by Crippen LogP contribution is 2.48. The molecule has 1 amide bonds. The van der Waals surface area contributed by atoms with Crippen LogP contribution in [-0.4, -0.2) is 16.2 Å². The van der Waals surface area contributed by atoms with Crippen LogP contribution in [0.4, 0.5) is 5.69 Å². The molecule has 1 atom stereocenters. The van der Waals surface area contributed by atoms with Crippen LogP contribution < -0.4 is 10.9 Å². The second kappa shape index (κ2) is 8.64. The molecule has 0 radical (unpaired) electrons. The number of hydrogen-bond donors (Lipinski definition) is 1. The number of halogens is 1. The van der Waals surface area contributed by atoms with Crippen LogP contribution in [0.15, 0.2) is 82.6 Å². The fourth-order valence-corrected chi connectivity index (χ4v) is 6.45. The quantitative estimate of drug-likeness (QED) is 0.354. The van der Waals surface area contributed by atoms with E-state index in [0.29, 0.717) is 22.4 Å². The molecule has 2 heterocycles. The molecule has 0 unspecified atom stereocenters. The van der Waals surface area contributed by atoms with Crippen molar-refractivity contribution in [1.82, 2.24) is 4.57 Å².